The van der Waals surface area contributed by atoms with Gasteiger partial charge in [0.2, 0.25) is 11.8 Å². The molecule has 0 aliphatic carbocycles. The third-order valence-corrected chi connectivity index (χ3v) is 5.03. The van der Waals surface area contributed by atoms with Crippen LogP contribution in [-0.2, 0) is 25.6 Å². The van der Waals surface area contributed by atoms with Crippen molar-refractivity contribution in [1.29, 1.82) is 0 Å². The van der Waals surface area contributed by atoms with E-state index in [0.29, 0.717) is 31.9 Å². The Bertz CT molecular complexity index is 754. The van der Waals surface area contributed by atoms with Gasteiger partial charge < -0.3 is 25.2 Å². The zero-order valence-electron chi connectivity index (χ0n) is 16.8. The molecule has 0 unspecified atom stereocenters. The number of nitrogens with one attached hydrogen (secondary N) is 2. The van der Waals surface area contributed by atoms with Gasteiger partial charge in [0.25, 0.3) is 0 Å². The molecule has 0 radical (unpaired) electrons. The van der Waals surface area contributed by atoms with E-state index in [4.69, 9.17) is 9.47 Å². The van der Waals surface area contributed by atoms with E-state index in [0.717, 1.165) is 0 Å². The van der Waals surface area contributed by atoms with Crippen LogP contribution in [0.2, 0.25) is 0 Å². The molecule has 3 atom stereocenters. The van der Waals surface area contributed by atoms with Crippen molar-refractivity contribution in [3.63, 3.8) is 0 Å². The van der Waals surface area contributed by atoms with Crippen molar-refractivity contribution in [2.75, 3.05) is 39.5 Å². The van der Waals surface area contributed by atoms with Crippen LogP contribution in [0.4, 0.5) is 4.39 Å². The van der Waals surface area contributed by atoms with Gasteiger partial charge in [-0.3, -0.25) is 14.5 Å². The van der Waals surface area contributed by atoms with E-state index in [1.165, 1.54) is 12.1 Å². The quantitative estimate of drug-likeness (QED) is 0.510. The van der Waals surface area contributed by atoms with Gasteiger partial charge in [0.05, 0.1) is 44.9 Å². The van der Waals surface area contributed by atoms with Gasteiger partial charge in [-0.2, -0.15) is 0 Å². The number of benzene rings is 1. The van der Waals surface area contributed by atoms with Gasteiger partial charge in [0, 0.05) is 19.6 Å². The highest BCUT2D eigenvalue weighted by Gasteiger charge is 2.29. The first-order chi connectivity index (χ1) is 14.5. The summed E-state index contributed by atoms with van der Waals surface area (Å²) < 4.78 is 24.2. The largest absolute Gasteiger partial charge is 0.394 e. The van der Waals surface area contributed by atoms with E-state index >= 15 is 0 Å². The van der Waals surface area contributed by atoms with E-state index in [2.05, 4.69) is 10.6 Å². The van der Waals surface area contributed by atoms with Crippen LogP contribution in [0.5, 0.6) is 0 Å². The summed E-state index contributed by atoms with van der Waals surface area (Å²) in [4.78, 5) is 26.5. The molecule has 1 fully saturated rings. The number of carbonyl (C=O) groups is 2. The zero-order valence-corrected chi connectivity index (χ0v) is 16.8. The highest BCUT2D eigenvalue weighted by molar-refractivity contribution is 5.79. The molecule has 2 aliphatic heterocycles. The third-order valence-electron chi connectivity index (χ3n) is 5.03. The molecule has 0 saturated carbocycles. The number of hydrogen-bond donors (Lipinski definition) is 3. The van der Waals surface area contributed by atoms with Gasteiger partial charge in [-0.05, 0) is 17.7 Å². The van der Waals surface area contributed by atoms with E-state index in [1.54, 1.807) is 24.3 Å². The van der Waals surface area contributed by atoms with E-state index in [-0.39, 0.29) is 43.7 Å². The van der Waals surface area contributed by atoms with Crippen molar-refractivity contribution >= 4 is 11.8 Å². The van der Waals surface area contributed by atoms with Crippen LogP contribution >= 0.6 is 0 Å². The molecule has 8 nitrogen and oxygen atoms in total. The fraction of sp³-hybridized carbons (Fsp3) is 0.524. The molecule has 0 bridgehead atoms. The Morgan fingerprint density at radius 3 is 2.73 bits per heavy atom. The van der Waals surface area contributed by atoms with E-state index < -0.39 is 18.2 Å². The molecule has 1 aromatic rings. The SMILES string of the molecule is O=C(C[C@H]1C=C[C@H](NC(=O)CN2CCOCC2)[C@H](CO)O1)NCc1cccc(F)c1. The van der Waals surface area contributed by atoms with Crippen molar-refractivity contribution in [2.24, 2.45) is 0 Å². The fourth-order valence-electron chi connectivity index (χ4n) is 3.43. The molecule has 0 spiro atoms. The molecule has 30 heavy (non-hydrogen) atoms. The lowest BCUT2D eigenvalue weighted by Gasteiger charge is -2.32. The minimum Gasteiger partial charge on any atom is -0.394 e. The molecule has 3 N–H and O–H groups in total. The lowest BCUT2D eigenvalue weighted by Crippen LogP contribution is -2.52. The molecular weight excluding hydrogens is 393 g/mol. The van der Waals surface area contributed by atoms with E-state index in [9.17, 15) is 19.1 Å². The Labute approximate surface area is 175 Å². The highest BCUT2D eigenvalue weighted by Crippen LogP contribution is 2.16. The summed E-state index contributed by atoms with van der Waals surface area (Å²) in [5.74, 6) is -0.756. The molecule has 3 rings (SSSR count). The van der Waals surface area contributed by atoms with Crippen molar-refractivity contribution < 1.29 is 28.6 Å². The Kier molecular flexibility index (Phi) is 8.32. The number of ether oxygens (including phenoxy) is 2. The molecule has 164 valence electrons. The molecule has 2 heterocycles. The number of halogens is 1. The maximum Gasteiger partial charge on any atom is 0.234 e. The zero-order chi connectivity index (χ0) is 21.3. The number of amides is 2. The van der Waals surface area contributed by atoms with E-state index in [1.807, 2.05) is 4.90 Å². The molecule has 1 aromatic carbocycles. The molecule has 1 saturated heterocycles. The van der Waals surface area contributed by atoms with Crippen molar-refractivity contribution in [1.82, 2.24) is 15.5 Å². The van der Waals surface area contributed by atoms with Crippen LogP contribution in [0.3, 0.4) is 0 Å². The number of aliphatic hydroxyl groups is 1. The minimum atomic E-state index is -0.635. The van der Waals surface area contributed by atoms with Gasteiger partial charge in [-0.1, -0.05) is 24.3 Å². The number of nitrogens with zero attached hydrogens (tertiary/aromatic N) is 1. The number of morpholine rings is 1. The smallest absolute Gasteiger partial charge is 0.234 e. The lowest BCUT2D eigenvalue weighted by atomic mass is 10.0. The Hall–Kier alpha value is -2.33. The molecule has 2 amide bonds. The second kappa shape index (κ2) is 11.2. The summed E-state index contributed by atoms with van der Waals surface area (Å²) in [6.07, 6.45) is 2.39. The minimum absolute atomic E-state index is 0.0662. The first kappa shape index (κ1) is 22.4. The first-order valence-corrected chi connectivity index (χ1v) is 10.1. The van der Waals surface area contributed by atoms with Crippen LogP contribution in [-0.4, -0.2) is 79.5 Å². The summed E-state index contributed by atoms with van der Waals surface area (Å²) in [5, 5.41) is 15.2. The molecule has 0 aromatic heterocycles. The van der Waals surface area contributed by atoms with Crippen molar-refractivity contribution in [3.8, 4) is 0 Å². The topological polar surface area (TPSA) is 100 Å². The van der Waals surface area contributed by atoms with Crippen molar-refractivity contribution in [2.45, 2.75) is 31.2 Å². The second-order valence-corrected chi connectivity index (χ2v) is 7.37. The summed E-state index contributed by atoms with van der Waals surface area (Å²) in [6.45, 7) is 2.84. The average molecular weight is 421 g/mol. The Morgan fingerprint density at radius 2 is 2.00 bits per heavy atom. The van der Waals surface area contributed by atoms with Gasteiger partial charge in [0.15, 0.2) is 0 Å². The first-order valence-electron chi connectivity index (χ1n) is 10.1. The number of aliphatic hydroxyl groups excluding tert-OH is 1. The van der Waals surface area contributed by atoms with Crippen molar-refractivity contribution in [3.05, 3.63) is 47.8 Å². The van der Waals surface area contributed by atoms with Crippen LogP contribution in [0.15, 0.2) is 36.4 Å². The predicted octanol–water partition coefficient (Wildman–Crippen LogP) is -0.0351. The highest BCUT2D eigenvalue weighted by atomic mass is 19.1. The molecular formula is C21H28FN3O5. The standard InChI is InChI=1S/C21H28FN3O5/c22-16-3-1-2-15(10-16)12-23-20(27)11-17-4-5-18(19(14-26)30-17)24-21(28)13-25-6-8-29-9-7-25/h1-5,10,17-19,26H,6-9,11-14H2,(H,23,27)(H,24,28)/t17-,18+,19+/m1/s1. The number of rotatable bonds is 8. The van der Waals surface area contributed by atoms with Gasteiger partial charge >= 0.3 is 0 Å². The van der Waals surface area contributed by atoms with Crippen LogP contribution in [0, 0.1) is 5.82 Å². The van der Waals surface area contributed by atoms with Gasteiger partial charge in [-0.15, -0.1) is 0 Å². The lowest BCUT2D eigenvalue weighted by molar-refractivity contribution is -0.129. The maximum absolute atomic E-state index is 13.2. The predicted molar refractivity (Wildman–Crippen MR) is 107 cm³/mol. The monoisotopic (exact) mass is 421 g/mol. The summed E-state index contributed by atoms with van der Waals surface area (Å²) in [6, 6.07) is 5.56. The Balaban J connectivity index is 1.45. The normalized spacial score (nSPS) is 24.4. The second-order valence-electron chi connectivity index (χ2n) is 7.37. The maximum atomic E-state index is 13.2. The fourth-order valence-corrected chi connectivity index (χ4v) is 3.43. The molecule has 9 heteroatoms. The summed E-state index contributed by atoms with van der Waals surface area (Å²) >= 11 is 0. The van der Waals surface area contributed by atoms with Crippen LogP contribution < -0.4 is 10.6 Å². The molecule has 2 aliphatic rings. The Morgan fingerprint density at radius 1 is 1.20 bits per heavy atom. The van der Waals surface area contributed by atoms with Crippen LogP contribution in [0.1, 0.15) is 12.0 Å². The summed E-state index contributed by atoms with van der Waals surface area (Å²) in [5.41, 5.74) is 0.666. The number of hydrogen-bond acceptors (Lipinski definition) is 6. The van der Waals surface area contributed by atoms with Crippen LogP contribution in [0.25, 0.3) is 0 Å². The number of carbonyl (C=O) groups excluding carboxylic acids is 2. The van der Waals surface area contributed by atoms with Gasteiger partial charge in [0.1, 0.15) is 11.9 Å². The average Bonchev–Trinajstić information content (AvgIpc) is 2.74. The third kappa shape index (κ3) is 6.88. The summed E-state index contributed by atoms with van der Waals surface area (Å²) in [7, 11) is 0. The van der Waals surface area contributed by atoms with Gasteiger partial charge in [-0.25, -0.2) is 4.39 Å².